The highest BCUT2D eigenvalue weighted by molar-refractivity contribution is 8.13. The summed E-state index contributed by atoms with van der Waals surface area (Å²) in [7, 11) is 0. The van der Waals surface area contributed by atoms with E-state index in [0.29, 0.717) is 18.3 Å². The van der Waals surface area contributed by atoms with Gasteiger partial charge in [-0.2, -0.15) is 5.26 Å². The summed E-state index contributed by atoms with van der Waals surface area (Å²) >= 11 is 1.39. The summed E-state index contributed by atoms with van der Waals surface area (Å²) in [5, 5.41) is 11.9. The van der Waals surface area contributed by atoms with Crippen LogP contribution in [-0.2, 0) is 11.3 Å². The zero-order valence-electron chi connectivity index (χ0n) is 16.4. The Morgan fingerprint density at radius 1 is 1.33 bits per heavy atom. The van der Waals surface area contributed by atoms with Crippen molar-refractivity contribution in [1.29, 1.82) is 5.26 Å². The average molecular weight is 390 g/mol. The topological polar surface area (TPSA) is 81.0 Å². The van der Waals surface area contributed by atoms with E-state index in [-0.39, 0.29) is 6.09 Å². The molecule has 146 valence electrons. The van der Waals surface area contributed by atoms with Crippen LogP contribution >= 0.6 is 11.8 Å². The summed E-state index contributed by atoms with van der Waals surface area (Å²) in [5.74, 6) is 0. The molecule has 1 aliphatic heterocycles. The molecule has 1 amide bonds. The van der Waals surface area contributed by atoms with Crippen LogP contribution in [0.25, 0.3) is 0 Å². The van der Waals surface area contributed by atoms with Gasteiger partial charge in [-0.15, -0.1) is 0 Å². The molecule has 1 aromatic rings. The minimum atomic E-state index is -0.467. The Balaban J connectivity index is 1.91. The van der Waals surface area contributed by atoms with Crippen molar-refractivity contribution in [2.24, 2.45) is 4.99 Å². The van der Waals surface area contributed by atoms with Crippen LogP contribution in [0.5, 0.6) is 0 Å². The molecule has 1 saturated heterocycles. The second-order valence-electron chi connectivity index (χ2n) is 7.27. The number of thioether (sulfide) groups is 1. The van der Waals surface area contributed by atoms with E-state index in [1.165, 1.54) is 11.8 Å². The maximum Gasteiger partial charge on any atom is 0.410 e. The largest absolute Gasteiger partial charge is 0.444 e. The molecule has 1 heterocycles. The van der Waals surface area contributed by atoms with E-state index in [9.17, 15) is 4.79 Å². The monoisotopic (exact) mass is 389 g/mol. The molecule has 27 heavy (non-hydrogen) atoms. The number of rotatable bonds is 3. The predicted octanol–water partition coefficient (Wildman–Crippen LogP) is 3.16. The molecule has 1 aromatic carbocycles. The van der Waals surface area contributed by atoms with Crippen LogP contribution in [0.15, 0.2) is 29.3 Å². The number of nitrogens with one attached hydrogen (secondary N) is 1. The molecule has 0 aliphatic carbocycles. The number of nitrogens with zero attached hydrogens (tertiary/aromatic N) is 4. The van der Waals surface area contributed by atoms with Crippen LogP contribution < -0.4 is 5.32 Å². The molecule has 0 aromatic heterocycles. The van der Waals surface area contributed by atoms with Crippen LogP contribution in [-0.4, -0.2) is 59.1 Å². The molecular formula is C19H27N5O2S. The van der Waals surface area contributed by atoms with Crippen molar-refractivity contribution in [2.45, 2.75) is 32.9 Å². The third kappa shape index (κ3) is 7.12. The fourth-order valence-electron chi connectivity index (χ4n) is 2.69. The first-order valence-corrected chi connectivity index (χ1v) is 10.1. The summed E-state index contributed by atoms with van der Waals surface area (Å²) in [6, 6.07) is 7.97. The van der Waals surface area contributed by atoms with Crippen molar-refractivity contribution >= 4 is 28.7 Å². The average Bonchev–Trinajstić information content (AvgIpc) is 2.61. The highest BCUT2D eigenvalue weighted by Gasteiger charge is 2.25. The molecule has 0 radical (unpaired) electrons. The number of piperazine rings is 1. The van der Waals surface area contributed by atoms with Crippen molar-refractivity contribution in [3.63, 3.8) is 0 Å². The molecule has 2 rings (SSSR count). The van der Waals surface area contributed by atoms with Gasteiger partial charge in [0.25, 0.3) is 0 Å². The minimum absolute atomic E-state index is 0.243. The Hall–Kier alpha value is -2.24. The zero-order valence-corrected chi connectivity index (χ0v) is 17.2. The van der Waals surface area contributed by atoms with E-state index in [1.54, 1.807) is 4.90 Å². The van der Waals surface area contributed by atoms with Gasteiger partial charge in [-0.05, 0) is 44.7 Å². The lowest BCUT2D eigenvalue weighted by atomic mass is 10.1. The number of nitriles is 1. The molecule has 0 unspecified atom stereocenters. The smallest absolute Gasteiger partial charge is 0.410 e. The Morgan fingerprint density at radius 2 is 2.04 bits per heavy atom. The van der Waals surface area contributed by atoms with Crippen molar-refractivity contribution in [3.05, 3.63) is 29.8 Å². The molecule has 1 aliphatic rings. The van der Waals surface area contributed by atoms with Gasteiger partial charge in [0.05, 0.1) is 5.69 Å². The molecule has 7 nitrogen and oxygen atoms in total. The summed E-state index contributed by atoms with van der Waals surface area (Å²) in [4.78, 5) is 20.7. The first kappa shape index (κ1) is 21.1. The van der Waals surface area contributed by atoms with Gasteiger partial charge in [0.2, 0.25) is 0 Å². The van der Waals surface area contributed by atoms with Crippen molar-refractivity contribution < 1.29 is 9.53 Å². The standard InChI is InChI=1S/C19H27N5O2S/c1-19(2,3)26-18(25)24-10-8-23(9-11-24)13-15-6-5-7-16(12-15)22-17(27-4)21-14-20/h5-7,12H,8-11,13H2,1-4H3,(H,21,22). The number of carbonyl (C=O) groups excluding carboxylic acids is 1. The second kappa shape index (κ2) is 9.62. The molecule has 1 N–H and O–H groups in total. The molecule has 8 heteroatoms. The third-order valence-corrected chi connectivity index (χ3v) is 4.51. The van der Waals surface area contributed by atoms with Crippen LogP contribution in [0.3, 0.4) is 0 Å². The Kier molecular flexibility index (Phi) is 7.51. The summed E-state index contributed by atoms with van der Waals surface area (Å²) < 4.78 is 5.44. The van der Waals surface area contributed by atoms with Gasteiger partial charge in [0.15, 0.2) is 11.4 Å². The summed E-state index contributed by atoms with van der Waals surface area (Å²) in [6.07, 6.45) is 3.52. The summed E-state index contributed by atoms with van der Waals surface area (Å²) in [5.41, 5.74) is 1.50. The highest BCUT2D eigenvalue weighted by Crippen LogP contribution is 2.18. The first-order valence-electron chi connectivity index (χ1n) is 8.88. The fourth-order valence-corrected chi connectivity index (χ4v) is 3.03. The number of ether oxygens (including phenoxy) is 1. The minimum Gasteiger partial charge on any atom is -0.444 e. The number of amides is 1. The number of hydrogen-bond acceptors (Lipinski definition) is 6. The van der Waals surface area contributed by atoms with Gasteiger partial charge in [-0.1, -0.05) is 23.9 Å². The number of hydrogen-bond donors (Lipinski definition) is 1. The van der Waals surface area contributed by atoms with E-state index in [2.05, 4.69) is 21.3 Å². The maximum atomic E-state index is 12.1. The Morgan fingerprint density at radius 3 is 2.63 bits per heavy atom. The van der Waals surface area contributed by atoms with Gasteiger partial charge < -0.3 is 9.64 Å². The predicted molar refractivity (Wildman–Crippen MR) is 109 cm³/mol. The quantitative estimate of drug-likeness (QED) is 0.370. The molecule has 0 spiro atoms. The van der Waals surface area contributed by atoms with E-state index in [0.717, 1.165) is 30.9 Å². The normalized spacial score (nSPS) is 16.0. The van der Waals surface area contributed by atoms with Crippen LogP contribution in [0, 0.1) is 11.5 Å². The van der Waals surface area contributed by atoms with E-state index < -0.39 is 5.60 Å². The number of benzene rings is 1. The Bertz CT molecular complexity index is 716. The molecule has 1 fully saturated rings. The van der Waals surface area contributed by atoms with E-state index >= 15 is 0 Å². The van der Waals surface area contributed by atoms with Gasteiger partial charge in [0, 0.05) is 32.7 Å². The highest BCUT2D eigenvalue weighted by atomic mass is 32.2. The lowest BCUT2D eigenvalue weighted by Crippen LogP contribution is -2.49. The van der Waals surface area contributed by atoms with Crippen molar-refractivity contribution in [1.82, 2.24) is 15.1 Å². The molecule has 0 saturated carbocycles. The van der Waals surface area contributed by atoms with E-state index in [1.807, 2.05) is 51.4 Å². The van der Waals surface area contributed by atoms with Crippen LogP contribution in [0.2, 0.25) is 0 Å². The third-order valence-electron chi connectivity index (χ3n) is 3.93. The van der Waals surface area contributed by atoms with Gasteiger partial charge in [-0.25, -0.2) is 9.79 Å². The van der Waals surface area contributed by atoms with Crippen molar-refractivity contribution in [2.75, 3.05) is 32.4 Å². The molecular weight excluding hydrogens is 362 g/mol. The van der Waals surface area contributed by atoms with Crippen molar-refractivity contribution in [3.8, 4) is 6.19 Å². The van der Waals surface area contributed by atoms with Gasteiger partial charge in [0.1, 0.15) is 5.60 Å². The number of aliphatic imine (C=N–C) groups is 1. The number of amidine groups is 1. The maximum absolute atomic E-state index is 12.1. The zero-order chi connectivity index (χ0) is 19.9. The lowest BCUT2D eigenvalue weighted by molar-refractivity contribution is 0.0139. The number of carbonyl (C=O) groups is 1. The van der Waals surface area contributed by atoms with Gasteiger partial charge >= 0.3 is 6.09 Å². The Labute approximate surface area is 165 Å². The van der Waals surface area contributed by atoms with Crippen LogP contribution in [0.4, 0.5) is 10.5 Å². The SMILES string of the molecule is CSC(=Nc1cccc(CN2CCN(C(=O)OC(C)(C)C)CC2)c1)NC#N. The molecule has 0 atom stereocenters. The van der Waals surface area contributed by atoms with Gasteiger partial charge in [-0.3, -0.25) is 10.2 Å². The summed E-state index contributed by atoms with van der Waals surface area (Å²) in [6.45, 7) is 9.37. The van der Waals surface area contributed by atoms with E-state index in [4.69, 9.17) is 10.00 Å². The first-order chi connectivity index (χ1) is 12.8. The molecule has 0 bridgehead atoms. The fraction of sp³-hybridized carbons (Fsp3) is 0.526. The second-order valence-corrected chi connectivity index (χ2v) is 8.07. The van der Waals surface area contributed by atoms with Crippen LogP contribution in [0.1, 0.15) is 26.3 Å². The lowest BCUT2D eigenvalue weighted by Gasteiger charge is -2.35.